The molecule has 1 rings (SSSR count). The highest BCUT2D eigenvalue weighted by Gasteiger charge is 1.99. The Bertz CT molecular complexity index is 304. The first-order valence-electron chi connectivity index (χ1n) is 3.58. The number of hydrogen-bond donors (Lipinski definition) is 2. The molecule has 0 atom stereocenters. The van der Waals surface area contributed by atoms with Crippen molar-refractivity contribution in [1.29, 1.82) is 0 Å². The molecule has 0 radical (unpaired) electrons. The van der Waals surface area contributed by atoms with Crippen LogP contribution in [0.25, 0.3) is 0 Å². The van der Waals surface area contributed by atoms with Crippen LogP contribution < -0.4 is 10.8 Å². The molecule has 1 aromatic rings. The van der Waals surface area contributed by atoms with Crippen LogP contribution in [0.5, 0.6) is 0 Å². The number of hydroxylamine groups is 1. The van der Waals surface area contributed by atoms with E-state index in [1.807, 2.05) is 12.1 Å². The minimum atomic E-state index is -0.402. The number of anilines is 1. The Balaban J connectivity index is 2.58. The zero-order valence-corrected chi connectivity index (χ0v) is 8.59. The van der Waals surface area contributed by atoms with Crippen LogP contribution in [0.4, 0.5) is 10.5 Å². The summed E-state index contributed by atoms with van der Waals surface area (Å²) in [6.07, 6.45) is 0. The highest BCUT2D eigenvalue weighted by atomic mass is 79.9. The molecule has 0 fully saturated rings. The number of halogens is 1. The monoisotopic (exact) mass is 244 g/mol. The van der Waals surface area contributed by atoms with Gasteiger partial charge in [0.05, 0.1) is 7.11 Å². The molecule has 1 aromatic carbocycles. The predicted molar refractivity (Wildman–Crippen MR) is 53.3 cm³/mol. The maximum absolute atomic E-state index is 11.0. The number of nitrogens with one attached hydrogen (secondary N) is 2. The second kappa shape index (κ2) is 4.84. The van der Waals surface area contributed by atoms with Crippen molar-refractivity contribution in [3.8, 4) is 0 Å². The summed E-state index contributed by atoms with van der Waals surface area (Å²) >= 11 is 3.29. The number of rotatable bonds is 2. The molecule has 0 saturated carbocycles. The van der Waals surface area contributed by atoms with Crippen LogP contribution in [-0.4, -0.2) is 13.1 Å². The van der Waals surface area contributed by atoms with Crippen LogP contribution in [0.1, 0.15) is 0 Å². The van der Waals surface area contributed by atoms with Crippen LogP contribution in [0.3, 0.4) is 0 Å². The van der Waals surface area contributed by atoms with E-state index < -0.39 is 6.03 Å². The second-order valence-corrected chi connectivity index (χ2v) is 3.19. The molecule has 0 aliphatic carbocycles. The van der Waals surface area contributed by atoms with Crippen LogP contribution >= 0.6 is 15.9 Å². The molecule has 4 nitrogen and oxygen atoms in total. The molecule has 0 aliphatic rings. The topological polar surface area (TPSA) is 50.4 Å². The fourth-order valence-corrected chi connectivity index (χ4v) is 1.21. The summed E-state index contributed by atoms with van der Waals surface area (Å²) in [6, 6.07) is 6.86. The van der Waals surface area contributed by atoms with Crippen molar-refractivity contribution < 1.29 is 9.63 Å². The number of urea groups is 1. The average Bonchev–Trinajstić information content (AvgIpc) is 2.04. The van der Waals surface area contributed by atoms with E-state index in [4.69, 9.17) is 0 Å². The maximum atomic E-state index is 11.0. The SMILES string of the molecule is CONC(=O)Nc1cccc(Br)c1. The van der Waals surface area contributed by atoms with Gasteiger partial charge in [0.2, 0.25) is 0 Å². The van der Waals surface area contributed by atoms with E-state index in [1.165, 1.54) is 7.11 Å². The van der Waals surface area contributed by atoms with Crippen molar-refractivity contribution in [2.45, 2.75) is 0 Å². The van der Waals surface area contributed by atoms with Crippen molar-refractivity contribution in [2.75, 3.05) is 12.4 Å². The van der Waals surface area contributed by atoms with Gasteiger partial charge in [0.1, 0.15) is 0 Å². The Morgan fingerprint density at radius 1 is 1.54 bits per heavy atom. The van der Waals surface area contributed by atoms with Crippen molar-refractivity contribution in [1.82, 2.24) is 5.48 Å². The molecule has 13 heavy (non-hydrogen) atoms. The fraction of sp³-hybridized carbons (Fsp3) is 0.125. The standard InChI is InChI=1S/C8H9BrN2O2/c1-13-11-8(12)10-7-4-2-3-6(9)5-7/h2-5H,1H3,(H2,10,11,12). The van der Waals surface area contributed by atoms with Gasteiger partial charge in [-0.25, -0.2) is 10.3 Å². The molecule has 0 aliphatic heterocycles. The van der Waals surface area contributed by atoms with Gasteiger partial charge in [-0.15, -0.1) is 0 Å². The van der Waals surface area contributed by atoms with Crippen LogP contribution in [0, 0.1) is 0 Å². The quantitative estimate of drug-likeness (QED) is 0.784. The molecule has 2 N–H and O–H groups in total. The third-order valence-electron chi connectivity index (χ3n) is 1.28. The van der Waals surface area contributed by atoms with Gasteiger partial charge in [-0.05, 0) is 18.2 Å². The third-order valence-corrected chi connectivity index (χ3v) is 1.77. The predicted octanol–water partition coefficient (Wildman–Crippen LogP) is 2.13. The van der Waals surface area contributed by atoms with Crippen molar-refractivity contribution in [2.24, 2.45) is 0 Å². The van der Waals surface area contributed by atoms with E-state index in [1.54, 1.807) is 12.1 Å². The molecule has 0 spiro atoms. The first-order chi connectivity index (χ1) is 6.22. The molecule has 0 heterocycles. The van der Waals surface area contributed by atoms with Gasteiger partial charge in [-0.3, -0.25) is 4.84 Å². The highest BCUT2D eigenvalue weighted by molar-refractivity contribution is 9.10. The molecule has 0 aromatic heterocycles. The van der Waals surface area contributed by atoms with Gasteiger partial charge in [0, 0.05) is 10.2 Å². The van der Waals surface area contributed by atoms with Crippen molar-refractivity contribution in [3.05, 3.63) is 28.7 Å². The summed E-state index contributed by atoms with van der Waals surface area (Å²) < 4.78 is 0.905. The lowest BCUT2D eigenvalue weighted by atomic mass is 10.3. The van der Waals surface area contributed by atoms with E-state index in [9.17, 15) is 4.79 Å². The molecule has 70 valence electrons. The number of carbonyl (C=O) groups excluding carboxylic acids is 1. The van der Waals surface area contributed by atoms with Crippen LogP contribution in [-0.2, 0) is 4.84 Å². The van der Waals surface area contributed by atoms with Gasteiger partial charge < -0.3 is 5.32 Å². The minimum absolute atomic E-state index is 0.402. The molecule has 0 bridgehead atoms. The summed E-state index contributed by atoms with van der Waals surface area (Å²) in [5, 5.41) is 2.58. The zero-order chi connectivity index (χ0) is 9.68. The van der Waals surface area contributed by atoms with E-state index in [2.05, 4.69) is 31.6 Å². The largest absolute Gasteiger partial charge is 0.343 e. The Hall–Kier alpha value is -1.07. The molecule has 0 unspecified atom stereocenters. The smallest absolute Gasteiger partial charge is 0.306 e. The Morgan fingerprint density at radius 3 is 2.92 bits per heavy atom. The summed E-state index contributed by atoms with van der Waals surface area (Å²) in [7, 11) is 1.38. The Labute approximate surface area is 84.4 Å². The van der Waals surface area contributed by atoms with Crippen LogP contribution in [0.2, 0.25) is 0 Å². The molecule has 5 heteroatoms. The third kappa shape index (κ3) is 3.43. The lowest BCUT2D eigenvalue weighted by molar-refractivity contribution is 0.114. The molecular formula is C8H9BrN2O2. The first kappa shape index (κ1) is 10.0. The van der Waals surface area contributed by atoms with Crippen LogP contribution in [0.15, 0.2) is 28.7 Å². The number of amides is 2. The van der Waals surface area contributed by atoms with E-state index in [-0.39, 0.29) is 0 Å². The van der Waals surface area contributed by atoms with Crippen molar-refractivity contribution >= 4 is 27.6 Å². The Kier molecular flexibility index (Phi) is 3.72. The average molecular weight is 245 g/mol. The van der Waals surface area contributed by atoms with E-state index >= 15 is 0 Å². The maximum Gasteiger partial charge on any atom is 0.343 e. The number of carbonyl (C=O) groups is 1. The summed E-state index contributed by atoms with van der Waals surface area (Å²) in [4.78, 5) is 15.4. The number of benzene rings is 1. The lowest BCUT2D eigenvalue weighted by Crippen LogP contribution is -2.27. The molecular weight excluding hydrogens is 236 g/mol. The second-order valence-electron chi connectivity index (χ2n) is 2.27. The van der Waals surface area contributed by atoms with Gasteiger partial charge in [-0.1, -0.05) is 22.0 Å². The molecule has 2 amide bonds. The van der Waals surface area contributed by atoms with Gasteiger partial charge in [0.25, 0.3) is 0 Å². The summed E-state index contributed by atoms with van der Waals surface area (Å²) in [5.74, 6) is 0. The number of hydrogen-bond acceptors (Lipinski definition) is 2. The van der Waals surface area contributed by atoms with Crippen molar-refractivity contribution in [3.63, 3.8) is 0 Å². The summed E-state index contributed by atoms with van der Waals surface area (Å²) in [6.45, 7) is 0. The minimum Gasteiger partial charge on any atom is -0.306 e. The van der Waals surface area contributed by atoms with E-state index in [0.717, 1.165) is 4.47 Å². The summed E-state index contributed by atoms with van der Waals surface area (Å²) in [5.41, 5.74) is 2.85. The first-order valence-corrected chi connectivity index (χ1v) is 4.37. The lowest BCUT2D eigenvalue weighted by Gasteiger charge is -2.04. The zero-order valence-electron chi connectivity index (χ0n) is 7.00. The van der Waals surface area contributed by atoms with Gasteiger partial charge >= 0.3 is 6.03 Å². The fourth-order valence-electron chi connectivity index (χ4n) is 0.816. The molecule has 0 saturated heterocycles. The Morgan fingerprint density at radius 2 is 2.31 bits per heavy atom. The van der Waals surface area contributed by atoms with Gasteiger partial charge in [-0.2, -0.15) is 0 Å². The van der Waals surface area contributed by atoms with E-state index in [0.29, 0.717) is 5.69 Å². The highest BCUT2D eigenvalue weighted by Crippen LogP contribution is 2.15. The van der Waals surface area contributed by atoms with Gasteiger partial charge in [0.15, 0.2) is 0 Å². The normalized spacial score (nSPS) is 9.38.